The highest BCUT2D eigenvalue weighted by Gasteiger charge is 2.08. The van der Waals surface area contributed by atoms with E-state index in [4.69, 9.17) is 0 Å². The molecule has 2 aromatic carbocycles. The summed E-state index contributed by atoms with van der Waals surface area (Å²) in [5, 5.41) is 14.1. The maximum absolute atomic E-state index is 10.8. The molecule has 0 aliphatic heterocycles. The lowest BCUT2D eigenvalue weighted by molar-refractivity contribution is -0.385. The fourth-order valence-electron chi connectivity index (χ4n) is 1.79. The minimum Gasteiger partial charge on any atom is -0.309 e. The van der Waals surface area contributed by atoms with E-state index in [1.165, 1.54) is 6.07 Å². The molecule has 0 unspecified atom stereocenters. The van der Waals surface area contributed by atoms with Crippen LogP contribution < -0.4 is 5.32 Å². The summed E-state index contributed by atoms with van der Waals surface area (Å²) in [4.78, 5) is 10.4. The highest BCUT2D eigenvalue weighted by molar-refractivity contribution is 9.10. The predicted molar refractivity (Wildman–Crippen MR) is 85.5 cm³/mol. The van der Waals surface area contributed by atoms with Gasteiger partial charge in [0.15, 0.2) is 0 Å². The van der Waals surface area contributed by atoms with E-state index < -0.39 is 0 Å². The molecule has 1 N–H and O–H groups in total. The normalized spacial score (nSPS) is 10.5. The molecule has 6 heteroatoms. The first-order chi connectivity index (χ1) is 9.54. The maximum Gasteiger partial charge on any atom is 0.270 e. The summed E-state index contributed by atoms with van der Waals surface area (Å²) in [5.74, 6) is 0. The molecule has 0 aliphatic rings. The van der Waals surface area contributed by atoms with E-state index in [-0.39, 0.29) is 10.6 Å². The van der Waals surface area contributed by atoms with Crippen molar-refractivity contribution in [2.24, 2.45) is 0 Å². The lowest BCUT2D eigenvalue weighted by Crippen LogP contribution is -2.12. The lowest BCUT2D eigenvalue weighted by atomic mass is 10.2. The average molecular weight is 400 g/mol. The van der Waals surface area contributed by atoms with Crippen LogP contribution in [-0.4, -0.2) is 4.92 Å². The Balaban J connectivity index is 1.97. The van der Waals surface area contributed by atoms with Gasteiger partial charge in [0, 0.05) is 34.2 Å². The third-order valence-corrected chi connectivity index (χ3v) is 3.71. The molecule has 4 nitrogen and oxygen atoms in total. The van der Waals surface area contributed by atoms with Crippen molar-refractivity contribution in [1.29, 1.82) is 0 Å². The summed E-state index contributed by atoms with van der Waals surface area (Å²) >= 11 is 6.68. The first kappa shape index (κ1) is 15.2. The number of nitrogens with one attached hydrogen (secondary N) is 1. The van der Waals surface area contributed by atoms with Crippen molar-refractivity contribution in [3.8, 4) is 0 Å². The molecule has 0 aromatic heterocycles. The zero-order valence-electron chi connectivity index (χ0n) is 10.5. The van der Waals surface area contributed by atoms with Crippen LogP contribution in [0.15, 0.2) is 51.4 Å². The van der Waals surface area contributed by atoms with Gasteiger partial charge in [-0.1, -0.05) is 44.0 Å². The average Bonchev–Trinajstić information content (AvgIpc) is 2.40. The van der Waals surface area contributed by atoms with Gasteiger partial charge in [-0.2, -0.15) is 0 Å². The Labute approximate surface area is 133 Å². The largest absolute Gasteiger partial charge is 0.309 e. The van der Waals surface area contributed by atoms with Crippen LogP contribution in [0.3, 0.4) is 0 Å². The fraction of sp³-hybridized carbons (Fsp3) is 0.143. The molecule has 0 saturated heterocycles. The van der Waals surface area contributed by atoms with Gasteiger partial charge in [0.1, 0.15) is 0 Å². The number of rotatable bonds is 5. The quantitative estimate of drug-likeness (QED) is 0.598. The SMILES string of the molecule is O=[N+]([O-])c1cc(Br)cc(CNCc2ccc(Br)cc2)c1. The molecule has 0 fully saturated rings. The predicted octanol–water partition coefficient (Wildman–Crippen LogP) is 4.41. The van der Waals surface area contributed by atoms with Crippen LogP contribution in [0, 0.1) is 10.1 Å². The molecule has 0 aliphatic carbocycles. The van der Waals surface area contributed by atoms with Crippen LogP contribution in [0.5, 0.6) is 0 Å². The van der Waals surface area contributed by atoms with E-state index in [2.05, 4.69) is 37.2 Å². The zero-order chi connectivity index (χ0) is 14.5. The number of nitrogens with zero attached hydrogens (tertiary/aromatic N) is 1. The Bertz CT molecular complexity index is 615. The number of nitro benzene ring substituents is 1. The molecule has 0 atom stereocenters. The first-order valence-electron chi connectivity index (χ1n) is 5.93. The number of hydrogen-bond acceptors (Lipinski definition) is 3. The van der Waals surface area contributed by atoms with Crippen molar-refractivity contribution < 1.29 is 4.92 Å². The zero-order valence-corrected chi connectivity index (χ0v) is 13.6. The summed E-state index contributed by atoms with van der Waals surface area (Å²) < 4.78 is 1.76. The number of nitro groups is 1. The Hall–Kier alpha value is -1.24. The Morgan fingerprint density at radius 3 is 2.25 bits per heavy atom. The minimum absolute atomic E-state index is 0.0971. The smallest absolute Gasteiger partial charge is 0.270 e. The molecule has 2 rings (SSSR count). The van der Waals surface area contributed by atoms with E-state index >= 15 is 0 Å². The number of non-ortho nitro benzene ring substituents is 1. The van der Waals surface area contributed by atoms with Crippen LogP contribution in [0.2, 0.25) is 0 Å². The minimum atomic E-state index is -0.386. The molecule has 0 bridgehead atoms. The number of benzene rings is 2. The van der Waals surface area contributed by atoms with Gasteiger partial charge < -0.3 is 5.32 Å². The van der Waals surface area contributed by atoms with Crippen LogP contribution in [0.25, 0.3) is 0 Å². The van der Waals surface area contributed by atoms with Crippen molar-refractivity contribution in [1.82, 2.24) is 5.32 Å². The summed E-state index contributed by atoms with van der Waals surface area (Å²) in [7, 11) is 0. The van der Waals surface area contributed by atoms with Gasteiger partial charge in [0.2, 0.25) is 0 Å². The topological polar surface area (TPSA) is 55.2 Å². The number of halogens is 2. The standard InChI is InChI=1S/C14H12Br2N2O2/c15-12-3-1-10(2-4-12)8-17-9-11-5-13(16)7-14(6-11)18(19)20/h1-7,17H,8-9H2. The van der Waals surface area contributed by atoms with Crippen LogP contribution in [0.1, 0.15) is 11.1 Å². The van der Waals surface area contributed by atoms with E-state index in [0.29, 0.717) is 17.6 Å². The van der Waals surface area contributed by atoms with E-state index in [1.54, 1.807) is 6.07 Å². The van der Waals surface area contributed by atoms with E-state index in [9.17, 15) is 10.1 Å². The van der Waals surface area contributed by atoms with Gasteiger partial charge in [-0.25, -0.2) is 0 Å². The summed E-state index contributed by atoms with van der Waals surface area (Å²) in [6, 6.07) is 13.0. The van der Waals surface area contributed by atoms with Gasteiger partial charge >= 0.3 is 0 Å². The molecule has 0 heterocycles. The molecule has 2 aromatic rings. The Kier molecular flexibility index (Phi) is 5.28. The van der Waals surface area contributed by atoms with Crippen molar-refractivity contribution in [2.45, 2.75) is 13.1 Å². The molecule has 20 heavy (non-hydrogen) atoms. The Morgan fingerprint density at radius 1 is 0.950 bits per heavy atom. The Morgan fingerprint density at radius 2 is 1.60 bits per heavy atom. The first-order valence-corrected chi connectivity index (χ1v) is 7.52. The highest BCUT2D eigenvalue weighted by Crippen LogP contribution is 2.21. The molecular weight excluding hydrogens is 388 g/mol. The third kappa shape index (κ3) is 4.40. The molecular formula is C14H12Br2N2O2. The maximum atomic E-state index is 10.8. The van der Waals surface area contributed by atoms with Crippen LogP contribution >= 0.6 is 31.9 Å². The van der Waals surface area contributed by atoms with Crippen molar-refractivity contribution in [2.75, 3.05) is 0 Å². The second-order valence-corrected chi connectivity index (χ2v) is 6.14. The van der Waals surface area contributed by atoms with Crippen molar-refractivity contribution >= 4 is 37.5 Å². The second kappa shape index (κ2) is 6.97. The molecule has 0 saturated carbocycles. The van der Waals surface area contributed by atoms with Crippen LogP contribution in [0.4, 0.5) is 5.69 Å². The van der Waals surface area contributed by atoms with E-state index in [1.807, 2.05) is 30.3 Å². The molecule has 0 spiro atoms. The van der Waals surface area contributed by atoms with Gasteiger partial charge in [-0.05, 0) is 29.3 Å². The summed E-state index contributed by atoms with van der Waals surface area (Å²) in [5.41, 5.74) is 2.14. The monoisotopic (exact) mass is 398 g/mol. The van der Waals surface area contributed by atoms with Crippen molar-refractivity contribution in [3.63, 3.8) is 0 Å². The highest BCUT2D eigenvalue weighted by atomic mass is 79.9. The second-order valence-electron chi connectivity index (χ2n) is 4.30. The van der Waals surface area contributed by atoms with Crippen LogP contribution in [-0.2, 0) is 13.1 Å². The summed E-state index contributed by atoms with van der Waals surface area (Å²) in [6.45, 7) is 1.30. The number of hydrogen-bond donors (Lipinski definition) is 1. The van der Waals surface area contributed by atoms with E-state index in [0.717, 1.165) is 15.6 Å². The lowest BCUT2D eigenvalue weighted by Gasteiger charge is -2.06. The van der Waals surface area contributed by atoms with Crippen molar-refractivity contribution in [3.05, 3.63) is 72.7 Å². The third-order valence-electron chi connectivity index (χ3n) is 2.72. The molecule has 104 valence electrons. The van der Waals surface area contributed by atoms with Gasteiger partial charge in [-0.15, -0.1) is 0 Å². The molecule has 0 amide bonds. The fourth-order valence-corrected chi connectivity index (χ4v) is 2.59. The van der Waals surface area contributed by atoms with Gasteiger partial charge in [-0.3, -0.25) is 10.1 Å². The molecule has 0 radical (unpaired) electrons. The summed E-state index contributed by atoms with van der Waals surface area (Å²) in [6.07, 6.45) is 0. The van der Waals surface area contributed by atoms with Gasteiger partial charge in [0.25, 0.3) is 5.69 Å². The van der Waals surface area contributed by atoms with Gasteiger partial charge in [0.05, 0.1) is 4.92 Å².